The van der Waals surface area contributed by atoms with Crippen LogP contribution >= 0.6 is 0 Å². The van der Waals surface area contributed by atoms with Gasteiger partial charge in [0.1, 0.15) is 0 Å². The summed E-state index contributed by atoms with van der Waals surface area (Å²) in [4.78, 5) is 21.9. The van der Waals surface area contributed by atoms with Crippen LogP contribution in [-0.4, -0.2) is 31.4 Å². The van der Waals surface area contributed by atoms with Crippen LogP contribution in [0.25, 0.3) is 0 Å². The van der Waals surface area contributed by atoms with Crippen molar-refractivity contribution < 1.29 is 9.59 Å². The van der Waals surface area contributed by atoms with E-state index in [-0.39, 0.29) is 24.7 Å². The topological polar surface area (TPSA) is 84.2 Å². The smallest absolute Gasteiger partial charge is 0.220 e. The van der Waals surface area contributed by atoms with Gasteiger partial charge in [0.05, 0.1) is 0 Å². The Kier molecular flexibility index (Phi) is 6.91. The zero-order chi connectivity index (χ0) is 10.1. The van der Waals surface area contributed by atoms with Gasteiger partial charge in [-0.05, 0) is 6.92 Å². The van der Waals surface area contributed by atoms with E-state index in [4.69, 9.17) is 5.73 Å². The predicted octanol–water partition coefficient (Wildman–Crippen LogP) is -1.02. The third kappa shape index (κ3) is 7.27. The SMILES string of the molecule is CCNC(=O)CCC(=O)NCCN. The molecule has 0 rings (SSSR count). The summed E-state index contributed by atoms with van der Waals surface area (Å²) in [5.41, 5.74) is 5.19. The highest BCUT2D eigenvalue weighted by Crippen LogP contribution is 1.88. The molecule has 0 heterocycles. The van der Waals surface area contributed by atoms with Crippen molar-refractivity contribution >= 4 is 11.8 Å². The molecule has 0 unspecified atom stereocenters. The molecule has 0 aliphatic carbocycles. The van der Waals surface area contributed by atoms with Crippen LogP contribution in [0.3, 0.4) is 0 Å². The number of carbonyl (C=O) groups is 2. The second-order valence-electron chi connectivity index (χ2n) is 2.59. The summed E-state index contributed by atoms with van der Waals surface area (Å²) in [5.74, 6) is -0.220. The molecule has 0 atom stereocenters. The Balaban J connectivity index is 3.40. The molecule has 0 fully saturated rings. The molecule has 0 aromatic heterocycles. The first-order valence-corrected chi connectivity index (χ1v) is 4.44. The summed E-state index contributed by atoms with van der Waals surface area (Å²) in [6, 6.07) is 0. The van der Waals surface area contributed by atoms with Crippen molar-refractivity contribution in [2.75, 3.05) is 19.6 Å². The fraction of sp³-hybridized carbons (Fsp3) is 0.750. The van der Waals surface area contributed by atoms with Crippen molar-refractivity contribution in [2.45, 2.75) is 19.8 Å². The Morgan fingerprint density at radius 3 is 2.15 bits per heavy atom. The quantitative estimate of drug-likeness (QED) is 0.497. The van der Waals surface area contributed by atoms with Crippen LogP contribution in [0, 0.1) is 0 Å². The molecule has 0 bridgehead atoms. The lowest BCUT2D eigenvalue weighted by Gasteiger charge is -2.03. The van der Waals surface area contributed by atoms with Crippen molar-refractivity contribution in [1.82, 2.24) is 10.6 Å². The van der Waals surface area contributed by atoms with Crippen LogP contribution in [0.2, 0.25) is 0 Å². The highest BCUT2D eigenvalue weighted by atomic mass is 16.2. The molecule has 76 valence electrons. The molecule has 5 nitrogen and oxygen atoms in total. The van der Waals surface area contributed by atoms with Crippen LogP contribution in [0.1, 0.15) is 19.8 Å². The lowest BCUT2D eigenvalue weighted by atomic mass is 10.3. The minimum Gasteiger partial charge on any atom is -0.356 e. The van der Waals surface area contributed by atoms with E-state index >= 15 is 0 Å². The molecule has 0 spiro atoms. The van der Waals surface area contributed by atoms with Crippen molar-refractivity contribution in [1.29, 1.82) is 0 Å². The molecule has 0 aromatic rings. The summed E-state index contributed by atoms with van der Waals surface area (Å²) in [6.07, 6.45) is 0.468. The van der Waals surface area contributed by atoms with E-state index in [0.29, 0.717) is 19.6 Å². The van der Waals surface area contributed by atoms with Gasteiger partial charge in [0.2, 0.25) is 11.8 Å². The Morgan fingerprint density at radius 2 is 1.69 bits per heavy atom. The Morgan fingerprint density at radius 1 is 1.15 bits per heavy atom. The maximum absolute atomic E-state index is 11.0. The van der Waals surface area contributed by atoms with Crippen molar-refractivity contribution in [3.05, 3.63) is 0 Å². The van der Waals surface area contributed by atoms with E-state index in [0.717, 1.165) is 0 Å². The monoisotopic (exact) mass is 187 g/mol. The lowest BCUT2D eigenvalue weighted by molar-refractivity contribution is -0.126. The van der Waals surface area contributed by atoms with Crippen molar-refractivity contribution in [3.63, 3.8) is 0 Å². The van der Waals surface area contributed by atoms with E-state index in [1.165, 1.54) is 0 Å². The third-order valence-electron chi connectivity index (χ3n) is 1.42. The fourth-order valence-electron chi connectivity index (χ4n) is 0.813. The van der Waals surface area contributed by atoms with Crippen molar-refractivity contribution in [3.8, 4) is 0 Å². The van der Waals surface area contributed by atoms with Crippen molar-refractivity contribution in [2.24, 2.45) is 5.73 Å². The summed E-state index contributed by atoms with van der Waals surface area (Å²) >= 11 is 0. The van der Waals surface area contributed by atoms with Gasteiger partial charge < -0.3 is 16.4 Å². The molecular formula is C8H17N3O2. The first-order chi connectivity index (χ1) is 6.20. The van der Waals surface area contributed by atoms with Gasteiger partial charge in [-0.2, -0.15) is 0 Å². The number of amides is 2. The summed E-state index contributed by atoms with van der Waals surface area (Å²) in [5, 5.41) is 5.20. The van der Waals surface area contributed by atoms with E-state index < -0.39 is 0 Å². The summed E-state index contributed by atoms with van der Waals surface area (Å²) < 4.78 is 0. The zero-order valence-electron chi connectivity index (χ0n) is 7.93. The fourth-order valence-corrected chi connectivity index (χ4v) is 0.813. The molecule has 0 saturated carbocycles. The number of rotatable bonds is 6. The Labute approximate surface area is 78.1 Å². The van der Waals surface area contributed by atoms with E-state index in [1.54, 1.807) is 0 Å². The van der Waals surface area contributed by atoms with Gasteiger partial charge in [-0.3, -0.25) is 9.59 Å². The molecule has 0 radical (unpaired) electrons. The molecule has 2 amide bonds. The van der Waals surface area contributed by atoms with E-state index in [1.807, 2.05) is 6.92 Å². The number of hydrogen-bond donors (Lipinski definition) is 3. The zero-order valence-corrected chi connectivity index (χ0v) is 7.93. The average Bonchev–Trinajstić information content (AvgIpc) is 2.12. The molecule has 0 saturated heterocycles. The summed E-state index contributed by atoms with van der Waals surface area (Å²) in [6.45, 7) is 3.33. The molecular weight excluding hydrogens is 170 g/mol. The average molecular weight is 187 g/mol. The van der Waals surface area contributed by atoms with Gasteiger partial charge in [0, 0.05) is 32.5 Å². The minimum absolute atomic E-state index is 0.0922. The summed E-state index contributed by atoms with van der Waals surface area (Å²) in [7, 11) is 0. The number of carbonyl (C=O) groups excluding carboxylic acids is 2. The second kappa shape index (κ2) is 7.54. The van der Waals surface area contributed by atoms with Gasteiger partial charge >= 0.3 is 0 Å². The van der Waals surface area contributed by atoms with Crippen LogP contribution in [-0.2, 0) is 9.59 Å². The lowest BCUT2D eigenvalue weighted by Crippen LogP contribution is -2.30. The minimum atomic E-state index is -0.128. The highest BCUT2D eigenvalue weighted by Gasteiger charge is 2.04. The number of nitrogens with one attached hydrogen (secondary N) is 2. The van der Waals surface area contributed by atoms with Gasteiger partial charge in [-0.25, -0.2) is 0 Å². The maximum Gasteiger partial charge on any atom is 0.220 e. The van der Waals surface area contributed by atoms with Crippen LogP contribution in [0.4, 0.5) is 0 Å². The first-order valence-electron chi connectivity index (χ1n) is 4.44. The number of hydrogen-bond acceptors (Lipinski definition) is 3. The normalized spacial score (nSPS) is 9.38. The van der Waals surface area contributed by atoms with E-state index in [2.05, 4.69) is 10.6 Å². The molecule has 0 aliphatic rings. The molecule has 0 aliphatic heterocycles. The second-order valence-corrected chi connectivity index (χ2v) is 2.59. The van der Waals surface area contributed by atoms with Crippen LogP contribution in [0.5, 0.6) is 0 Å². The molecule has 4 N–H and O–H groups in total. The third-order valence-corrected chi connectivity index (χ3v) is 1.42. The highest BCUT2D eigenvalue weighted by molar-refractivity contribution is 5.83. The molecule has 0 aromatic carbocycles. The van der Waals surface area contributed by atoms with Crippen LogP contribution in [0.15, 0.2) is 0 Å². The van der Waals surface area contributed by atoms with Crippen LogP contribution < -0.4 is 16.4 Å². The standard InChI is InChI=1S/C8H17N3O2/c1-2-10-7(12)3-4-8(13)11-6-5-9/h2-6,9H2,1H3,(H,10,12)(H,11,13). The first kappa shape index (κ1) is 11.9. The van der Waals surface area contributed by atoms with Gasteiger partial charge in [-0.15, -0.1) is 0 Å². The van der Waals surface area contributed by atoms with Gasteiger partial charge in [0.25, 0.3) is 0 Å². The molecule has 13 heavy (non-hydrogen) atoms. The predicted molar refractivity (Wildman–Crippen MR) is 50.0 cm³/mol. The largest absolute Gasteiger partial charge is 0.356 e. The van der Waals surface area contributed by atoms with Gasteiger partial charge in [0.15, 0.2) is 0 Å². The maximum atomic E-state index is 11.0. The van der Waals surface area contributed by atoms with E-state index in [9.17, 15) is 9.59 Å². The molecule has 5 heteroatoms. The Hall–Kier alpha value is -1.10. The number of nitrogens with two attached hydrogens (primary N) is 1. The Bertz CT molecular complexity index is 171. The van der Waals surface area contributed by atoms with Gasteiger partial charge in [-0.1, -0.05) is 0 Å².